The molecule has 5 heteroatoms. The second-order valence-electron chi connectivity index (χ2n) is 7.73. The number of carbonyl (C=O) groups excluding carboxylic acids is 1. The number of benzene rings is 3. The summed E-state index contributed by atoms with van der Waals surface area (Å²) in [6, 6.07) is 23.4. The first-order valence-corrected chi connectivity index (χ1v) is 10.3. The van der Waals surface area contributed by atoms with Gasteiger partial charge in [0.2, 0.25) is 0 Å². The summed E-state index contributed by atoms with van der Waals surface area (Å²) in [5.74, 6) is -1.43. The number of carboxylic acid groups (broad SMARTS) is 1. The van der Waals surface area contributed by atoms with Crippen LogP contribution in [-0.4, -0.2) is 34.2 Å². The topological polar surface area (TPSA) is 87.0 Å². The summed E-state index contributed by atoms with van der Waals surface area (Å²) in [5.41, 5.74) is 2.44. The van der Waals surface area contributed by atoms with E-state index in [0.29, 0.717) is 12.1 Å². The molecule has 2 N–H and O–H groups in total. The van der Waals surface area contributed by atoms with E-state index in [1.54, 1.807) is 0 Å². The van der Waals surface area contributed by atoms with Crippen molar-refractivity contribution in [2.24, 2.45) is 4.99 Å². The highest BCUT2D eigenvalue weighted by Gasteiger charge is 2.32. The lowest BCUT2D eigenvalue weighted by molar-refractivity contribution is -0.135. The zero-order valence-electron chi connectivity index (χ0n) is 17.0. The summed E-state index contributed by atoms with van der Waals surface area (Å²) >= 11 is 0. The lowest BCUT2D eigenvalue weighted by Gasteiger charge is -2.26. The molecule has 4 rings (SSSR count). The number of aliphatic hydroxyl groups is 1. The summed E-state index contributed by atoms with van der Waals surface area (Å²) in [4.78, 5) is 28.4. The predicted octanol–water partition coefficient (Wildman–Crippen LogP) is 4.87. The third-order valence-electron chi connectivity index (χ3n) is 5.64. The number of carboxylic acids is 1. The largest absolute Gasteiger partial charge is 0.511 e. The van der Waals surface area contributed by atoms with E-state index in [9.17, 15) is 14.7 Å². The number of hydrogen-bond donors (Lipinski definition) is 2. The Kier molecular flexibility index (Phi) is 5.94. The summed E-state index contributed by atoms with van der Waals surface area (Å²) < 4.78 is 0. The number of carbonyl (C=O) groups is 2. The van der Waals surface area contributed by atoms with Gasteiger partial charge in [0.1, 0.15) is 12.3 Å². The number of Topliss-reactive ketones (excluding diaryl/α,β-unsaturated/α-hetero) is 1. The maximum atomic E-state index is 13.1. The first-order valence-electron chi connectivity index (χ1n) is 10.3. The van der Waals surface area contributed by atoms with Gasteiger partial charge in [-0.2, -0.15) is 0 Å². The Balaban J connectivity index is 1.71. The molecule has 156 valence electrons. The van der Waals surface area contributed by atoms with Gasteiger partial charge in [0.15, 0.2) is 5.78 Å². The number of allylic oxidation sites excluding steroid dienone is 2. The molecular formula is C26H23NO4. The van der Waals surface area contributed by atoms with Crippen LogP contribution >= 0.6 is 0 Å². The highest BCUT2D eigenvalue weighted by Crippen LogP contribution is 2.34. The molecule has 3 aromatic carbocycles. The fourth-order valence-corrected chi connectivity index (χ4v) is 4.20. The number of aliphatic hydroxyl groups excluding tert-OH is 1. The third kappa shape index (κ3) is 4.56. The Labute approximate surface area is 180 Å². The van der Waals surface area contributed by atoms with Crippen molar-refractivity contribution in [3.05, 3.63) is 95.3 Å². The number of aliphatic carboxylic acids is 1. The molecule has 0 spiro atoms. The van der Waals surface area contributed by atoms with Gasteiger partial charge in [0.25, 0.3) is 0 Å². The lowest BCUT2D eigenvalue weighted by atomic mass is 9.78. The SMILES string of the molecule is O=C(O)CN=C1CC(c2ccccc2)CC(=O)C1=C(O)Cc1cccc2ccccc12. The van der Waals surface area contributed by atoms with E-state index >= 15 is 0 Å². The van der Waals surface area contributed by atoms with Crippen molar-refractivity contribution < 1.29 is 19.8 Å². The van der Waals surface area contributed by atoms with Crippen molar-refractivity contribution in [1.82, 2.24) is 0 Å². The molecule has 1 aliphatic rings. The van der Waals surface area contributed by atoms with Crippen molar-refractivity contribution in [3.8, 4) is 0 Å². The molecule has 0 aliphatic heterocycles. The van der Waals surface area contributed by atoms with Gasteiger partial charge in [-0.25, -0.2) is 0 Å². The zero-order valence-corrected chi connectivity index (χ0v) is 17.0. The number of fused-ring (bicyclic) bond motifs is 1. The van der Waals surface area contributed by atoms with Crippen LogP contribution in [0.4, 0.5) is 0 Å². The molecule has 0 bridgehead atoms. The van der Waals surface area contributed by atoms with Crippen LogP contribution in [0.5, 0.6) is 0 Å². The monoisotopic (exact) mass is 413 g/mol. The lowest BCUT2D eigenvalue weighted by Crippen LogP contribution is -2.27. The van der Waals surface area contributed by atoms with Gasteiger partial charge in [0.05, 0.1) is 11.3 Å². The molecule has 0 aromatic heterocycles. The van der Waals surface area contributed by atoms with E-state index in [1.807, 2.05) is 72.8 Å². The molecule has 0 amide bonds. The first-order chi connectivity index (χ1) is 15.0. The maximum Gasteiger partial charge on any atom is 0.325 e. The molecule has 1 saturated carbocycles. The number of hydrogen-bond acceptors (Lipinski definition) is 4. The van der Waals surface area contributed by atoms with E-state index < -0.39 is 12.5 Å². The summed E-state index contributed by atoms with van der Waals surface area (Å²) in [6.45, 7) is -0.435. The molecule has 1 aliphatic carbocycles. The van der Waals surface area contributed by atoms with Crippen LogP contribution in [0.1, 0.15) is 29.9 Å². The second kappa shape index (κ2) is 8.96. The van der Waals surface area contributed by atoms with Gasteiger partial charge in [-0.15, -0.1) is 0 Å². The van der Waals surface area contributed by atoms with Crippen molar-refractivity contribution >= 4 is 28.2 Å². The van der Waals surface area contributed by atoms with Crippen LogP contribution in [0.25, 0.3) is 10.8 Å². The smallest absolute Gasteiger partial charge is 0.325 e. The van der Waals surface area contributed by atoms with Crippen molar-refractivity contribution in [2.45, 2.75) is 25.2 Å². The van der Waals surface area contributed by atoms with E-state index in [2.05, 4.69) is 4.99 Å². The zero-order chi connectivity index (χ0) is 21.8. The summed E-state index contributed by atoms with van der Waals surface area (Å²) in [6.07, 6.45) is 0.855. The molecule has 5 nitrogen and oxygen atoms in total. The molecule has 1 unspecified atom stereocenters. The second-order valence-corrected chi connectivity index (χ2v) is 7.73. The van der Waals surface area contributed by atoms with Crippen LogP contribution in [0.3, 0.4) is 0 Å². The third-order valence-corrected chi connectivity index (χ3v) is 5.64. The number of ketones is 1. The minimum atomic E-state index is -1.07. The average Bonchev–Trinajstić information content (AvgIpc) is 2.78. The minimum Gasteiger partial charge on any atom is -0.511 e. The molecule has 1 atom stereocenters. The van der Waals surface area contributed by atoms with Gasteiger partial charge < -0.3 is 10.2 Å². The minimum absolute atomic E-state index is 0.0583. The fraction of sp³-hybridized carbons (Fsp3) is 0.192. The standard InChI is InChI=1S/C26H23NO4/c28-23(14-19-11-6-10-18-9-4-5-12-21(18)19)26-22(27-16-25(30)31)13-20(15-24(26)29)17-7-2-1-3-8-17/h1-12,20,28H,13-16H2,(H,30,31). The first kappa shape index (κ1) is 20.5. The Morgan fingerprint density at radius 3 is 2.39 bits per heavy atom. The quantitative estimate of drug-likeness (QED) is 0.462. The maximum absolute atomic E-state index is 13.1. The highest BCUT2D eigenvalue weighted by molar-refractivity contribution is 6.25. The predicted molar refractivity (Wildman–Crippen MR) is 121 cm³/mol. The van der Waals surface area contributed by atoms with E-state index in [-0.39, 0.29) is 35.9 Å². The Bertz CT molecular complexity index is 1190. The van der Waals surface area contributed by atoms with Crippen molar-refractivity contribution in [2.75, 3.05) is 6.54 Å². The Morgan fingerprint density at radius 1 is 0.903 bits per heavy atom. The van der Waals surface area contributed by atoms with Crippen molar-refractivity contribution in [1.29, 1.82) is 0 Å². The van der Waals surface area contributed by atoms with Gasteiger partial charge in [0, 0.05) is 12.8 Å². The van der Waals surface area contributed by atoms with Gasteiger partial charge in [-0.1, -0.05) is 72.8 Å². The number of rotatable bonds is 5. The van der Waals surface area contributed by atoms with E-state index in [1.165, 1.54) is 0 Å². The van der Waals surface area contributed by atoms with Gasteiger partial charge >= 0.3 is 5.97 Å². The average molecular weight is 413 g/mol. The number of nitrogens with zero attached hydrogens (tertiary/aromatic N) is 1. The number of aliphatic imine (C=N–C) groups is 1. The van der Waals surface area contributed by atoms with E-state index in [0.717, 1.165) is 21.9 Å². The molecule has 3 aromatic rings. The normalized spacial score (nSPS) is 19.5. The molecule has 31 heavy (non-hydrogen) atoms. The molecule has 0 saturated heterocycles. The van der Waals surface area contributed by atoms with Gasteiger partial charge in [-0.3, -0.25) is 14.6 Å². The molecule has 0 radical (unpaired) electrons. The fourth-order valence-electron chi connectivity index (χ4n) is 4.20. The molecule has 1 fully saturated rings. The Hall–Kier alpha value is -3.73. The van der Waals surface area contributed by atoms with Crippen LogP contribution < -0.4 is 0 Å². The van der Waals surface area contributed by atoms with E-state index in [4.69, 9.17) is 5.11 Å². The summed E-state index contributed by atoms with van der Waals surface area (Å²) in [5, 5.41) is 22.1. The molecule has 0 heterocycles. The van der Waals surface area contributed by atoms with Crippen LogP contribution in [0.2, 0.25) is 0 Å². The van der Waals surface area contributed by atoms with Crippen LogP contribution in [0.15, 0.2) is 89.1 Å². The van der Waals surface area contributed by atoms with Crippen LogP contribution in [0, 0.1) is 0 Å². The van der Waals surface area contributed by atoms with Crippen molar-refractivity contribution in [3.63, 3.8) is 0 Å². The highest BCUT2D eigenvalue weighted by atomic mass is 16.4. The van der Waals surface area contributed by atoms with Crippen LogP contribution in [-0.2, 0) is 16.0 Å². The molecular weight excluding hydrogens is 390 g/mol. The Morgan fingerprint density at radius 2 is 1.61 bits per heavy atom. The summed E-state index contributed by atoms with van der Waals surface area (Å²) in [7, 11) is 0. The van der Waals surface area contributed by atoms with Gasteiger partial charge in [-0.05, 0) is 34.2 Å².